The molecule has 0 amide bonds. The van der Waals surface area contributed by atoms with Gasteiger partial charge in [-0.3, -0.25) is 0 Å². The summed E-state index contributed by atoms with van der Waals surface area (Å²) < 4.78 is 28.9. The summed E-state index contributed by atoms with van der Waals surface area (Å²) in [5, 5.41) is 3.82. The first-order valence-electron chi connectivity index (χ1n) is 7.52. The van der Waals surface area contributed by atoms with Gasteiger partial charge in [0.05, 0.1) is 0 Å². The van der Waals surface area contributed by atoms with Gasteiger partial charge in [0.2, 0.25) is 0 Å². The van der Waals surface area contributed by atoms with Crippen LogP contribution >= 0.6 is 11.8 Å². The highest BCUT2D eigenvalue weighted by Crippen LogP contribution is 2.22. The van der Waals surface area contributed by atoms with Crippen molar-refractivity contribution in [1.29, 1.82) is 0 Å². The van der Waals surface area contributed by atoms with E-state index in [9.17, 15) is 8.42 Å². The van der Waals surface area contributed by atoms with E-state index in [1.165, 1.54) is 12.8 Å². The standard InChI is InChI=1S/C13H27N3O2S2/c1-11(19-2)8-15-20(17,18)16-7-3-4-12(10-16)9-14-13-5-6-13/h11-15H,3-10H2,1-2H3. The molecule has 2 unspecified atom stereocenters. The molecular formula is C13H27N3O2S2. The summed E-state index contributed by atoms with van der Waals surface area (Å²) >= 11 is 1.68. The highest BCUT2D eigenvalue weighted by atomic mass is 32.2. The highest BCUT2D eigenvalue weighted by Gasteiger charge is 2.30. The zero-order chi connectivity index (χ0) is 14.6. The van der Waals surface area contributed by atoms with Crippen molar-refractivity contribution in [3.05, 3.63) is 0 Å². The maximum absolute atomic E-state index is 12.3. The Balaban J connectivity index is 1.79. The smallest absolute Gasteiger partial charge is 0.279 e. The Labute approximate surface area is 127 Å². The molecule has 0 spiro atoms. The third kappa shape index (κ3) is 5.18. The van der Waals surface area contributed by atoms with Crippen molar-refractivity contribution in [2.24, 2.45) is 5.92 Å². The fourth-order valence-electron chi connectivity index (χ4n) is 2.43. The minimum Gasteiger partial charge on any atom is -0.314 e. The molecule has 1 heterocycles. The zero-order valence-corrected chi connectivity index (χ0v) is 14.1. The number of hydrogen-bond donors (Lipinski definition) is 2. The summed E-state index contributed by atoms with van der Waals surface area (Å²) in [4.78, 5) is 0. The molecule has 1 saturated heterocycles. The lowest BCUT2D eigenvalue weighted by Crippen LogP contribution is -2.48. The van der Waals surface area contributed by atoms with Crippen LogP contribution in [-0.4, -0.2) is 56.4 Å². The third-order valence-corrected chi connectivity index (χ3v) is 6.56. The molecule has 5 nitrogen and oxygen atoms in total. The number of thioether (sulfide) groups is 1. The van der Waals surface area contributed by atoms with Crippen LogP contribution in [0.1, 0.15) is 32.6 Å². The van der Waals surface area contributed by atoms with Gasteiger partial charge >= 0.3 is 0 Å². The first kappa shape index (κ1) is 16.5. The molecule has 2 rings (SSSR count). The molecule has 0 aromatic rings. The second kappa shape index (κ2) is 7.45. The summed E-state index contributed by atoms with van der Waals surface area (Å²) in [6, 6.07) is 0.697. The fraction of sp³-hybridized carbons (Fsp3) is 1.00. The summed E-state index contributed by atoms with van der Waals surface area (Å²) in [6.45, 7) is 4.81. The number of rotatable bonds is 8. The van der Waals surface area contributed by atoms with Gasteiger partial charge in [-0.1, -0.05) is 6.92 Å². The topological polar surface area (TPSA) is 61.4 Å². The molecule has 1 saturated carbocycles. The number of nitrogens with zero attached hydrogens (tertiary/aromatic N) is 1. The van der Waals surface area contributed by atoms with Crippen LogP contribution in [0.15, 0.2) is 0 Å². The van der Waals surface area contributed by atoms with E-state index in [4.69, 9.17) is 0 Å². The van der Waals surface area contributed by atoms with Gasteiger partial charge in [0.1, 0.15) is 0 Å². The molecule has 0 aromatic heterocycles. The average molecular weight is 322 g/mol. The summed E-state index contributed by atoms with van der Waals surface area (Å²) in [5.41, 5.74) is 0. The molecule has 2 N–H and O–H groups in total. The van der Waals surface area contributed by atoms with E-state index in [0.717, 1.165) is 19.4 Å². The second-order valence-electron chi connectivity index (χ2n) is 5.95. The van der Waals surface area contributed by atoms with Gasteiger partial charge in [-0.2, -0.15) is 24.5 Å². The SMILES string of the molecule is CSC(C)CNS(=O)(=O)N1CCCC(CNC2CC2)C1. The lowest BCUT2D eigenvalue weighted by molar-refractivity contribution is 0.257. The molecule has 0 aromatic carbocycles. The summed E-state index contributed by atoms with van der Waals surface area (Å²) in [5.74, 6) is 0.457. The van der Waals surface area contributed by atoms with Crippen LogP contribution in [0.25, 0.3) is 0 Å². The van der Waals surface area contributed by atoms with Crippen LogP contribution < -0.4 is 10.0 Å². The minimum absolute atomic E-state index is 0.307. The van der Waals surface area contributed by atoms with Gasteiger partial charge in [-0.15, -0.1) is 0 Å². The van der Waals surface area contributed by atoms with E-state index in [2.05, 4.69) is 10.0 Å². The zero-order valence-electron chi connectivity index (χ0n) is 12.5. The Morgan fingerprint density at radius 1 is 1.35 bits per heavy atom. The molecule has 2 atom stereocenters. The second-order valence-corrected chi connectivity index (χ2v) is 8.98. The third-order valence-electron chi connectivity index (χ3n) is 4.05. The predicted molar refractivity (Wildman–Crippen MR) is 85.2 cm³/mol. The van der Waals surface area contributed by atoms with Gasteiger partial charge < -0.3 is 5.32 Å². The van der Waals surface area contributed by atoms with E-state index in [1.807, 2.05) is 13.2 Å². The molecule has 1 aliphatic carbocycles. The van der Waals surface area contributed by atoms with Crippen LogP contribution in [0.5, 0.6) is 0 Å². The minimum atomic E-state index is -3.30. The monoisotopic (exact) mass is 321 g/mol. The predicted octanol–water partition coefficient (Wildman–Crippen LogP) is 1.04. The van der Waals surface area contributed by atoms with Gasteiger partial charge in [-0.05, 0) is 44.4 Å². The molecule has 20 heavy (non-hydrogen) atoms. The van der Waals surface area contributed by atoms with Crippen molar-refractivity contribution in [3.63, 3.8) is 0 Å². The maximum Gasteiger partial charge on any atom is 0.279 e. The van der Waals surface area contributed by atoms with E-state index >= 15 is 0 Å². The quantitative estimate of drug-likeness (QED) is 0.701. The molecule has 1 aliphatic heterocycles. The Kier molecular flexibility index (Phi) is 6.16. The van der Waals surface area contributed by atoms with Crippen molar-refractivity contribution >= 4 is 22.0 Å². The molecule has 7 heteroatoms. The van der Waals surface area contributed by atoms with Gasteiger partial charge in [0, 0.05) is 30.9 Å². The Bertz CT molecular complexity index is 398. The van der Waals surface area contributed by atoms with Gasteiger partial charge in [0.25, 0.3) is 10.2 Å². The lowest BCUT2D eigenvalue weighted by atomic mass is 10.00. The lowest BCUT2D eigenvalue weighted by Gasteiger charge is -2.32. The highest BCUT2D eigenvalue weighted by molar-refractivity contribution is 7.99. The molecular weight excluding hydrogens is 294 g/mol. The van der Waals surface area contributed by atoms with Crippen LogP contribution in [0, 0.1) is 5.92 Å². The van der Waals surface area contributed by atoms with Gasteiger partial charge in [-0.25, -0.2) is 4.72 Å². The number of hydrogen-bond acceptors (Lipinski definition) is 4. The first-order valence-corrected chi connectivity index (χ1v) is 10.2. The van der Waals surface area contributed by atoms with Gasteiger partial charge in [0.15, 0.2) is 0 Å². The largest absolute Gasteiger partial charge is 0.314 e. The van der Waals surface area contributed by atoms with Crippen molar-refractivity contribution in [2.75, 3.05) is 32.4 Å². The van der Waals surface area contributed by atoms with Crippen LogP contribution in [0.3, 0.4) is 0 Å². The average Bonchev–Trinajstić information content (AvgIpc) is 3.27. The first-order chi connectivity index (χ1) is 9.51. The fourth-order valence-corrected chi connectivity index (χ4v) is 4.21. The van der Waals surface area contributed by atoms with E-state index in [0.29, 0.717) is 36.8 Å². The van der Waals surface area contributed by atoms with Crippen LogP contribution in [0.4, 0.5) is 0 Å². The summed E-state index contributed by atoms with van der Waals surface area (Å²) in [6.07, 6.45) is 6.66. The molecule has 118 valence electrons. The normalized spacial score (nSPS) is 26.6. The van der Waals surface area contributed by atoms with E-state index in [1.54, 1.807) is 16.1 Å². The Hall–Kier alpha value is 0.180. The number of piperidine rings is 1. The maximum atomic E-state index is 12.3. The van der Waals surface area contributed by atoms with Crippen LogP contribution in [-0.2, 0) is 10.2 Å². The molecule has 2 aliphatic rings. The van der Waals surface area contributed by atoms with Crippen molar-refractivity contribution in [2.45, 2.75) is 43.9 Å². The molecule has 2 fully saturated rings. The van der Waals surface area contributed by atoms with Crippen LogP contribution in [0.2, 0.25) is 0 Å². The van der Waals surface area contributed by atoms with Crippen molar-refractivity contribution in [1.82, 2.24) is 14.3 Å². The van der Waals surface area contributed by atoms with E-state index < -0.39 is 10.2 Å². The van der Waals surface area contributed by atoms with Crippen molar-refractivity contribution in [3.8, 4) is 0 Å². The van der Waals surface area contributed by atoms with Crippen molar-refractivity contribution < 1.29 is 8.42 Å². The molecule has 0 radical (unpaired) electrons. The van der Waals surface area contributed by atoms with E-state index in [-0.39, 0.29) is 0 Å². The number of nitrogens with one attached hydrogen (secondary N) is 2. The summed E-state index contributed by atoms with van der Waals surface area (Å²) in [7, 11) is -3.30. The Morgan fingerprint density at radius 3 is 2.75 bits per heavy atom. The molecule has 0 bridgehead atoms. The Morgan fingerprint density at radius 2 is 2.10 bits per heavy atom.